The van der Waals surface area contributed by atoms with Crippen LogP contribution >= 0.6 is 0 Å². The molecule has 1 aromatic heterocycles. The summed E-state index contributed by atoms with van der Waals surface area (Å²) in [6.45, 7) is 3.95. The van der Waals surface area contributed by atoms with Gasteiger partial charge in [-0.25, -0.2) is 9.69 Å². The molecule has 1 saturated heterocycles. The largest absolute Gasteiger partial charge is 0.497 e. The molecule has 3 unspecified atom stereocenters. The number of fused-ring (bicyclic) bond motifs is 4. The van der Waals surface area contributed by atoms with E-state index in [0.29, 0.717) is 23.4 Å². The van der Waals surface area contributed by atoms with Crippen molar-refractivity contribution in [3.05, 3.63) is 95.2 Å². The fourth-order valence-electron chi connectivity index (χ4n) is 5.64. The maximum Gasteiger partial charge on any atom is 0.332 e. The van der Waals surface area contributed by atoms with Gasteiger partial charge in [0.2, 0.25) is 0 Å². The van der Waals surface area contributed by atoms with Gasteiger partial charge in [0.1, 0.15) is 17.8 Å². The Hall–Kier alpha value is -4.59. The van der Waals surface area contributed by atoms with Crippen LogP contribution in [0.5, 0.6) is 5.75 Å². The number of nitrogens with one attached hydrogen (secondary N) is 2. The number of ether oxygens (including phenoxy) is 1. The minimum atomic E-state index is -0.659. The Labute approximate surface area is 226 Å². The van der Waals surface area contributed by atoms with E-state index in [4.69, 9.17) is 4.74 Å². The lowest BCUT2D eigenvalue weighted by Crippen LogP contribution is -2.44. The second-order valence-corrected chi connectivity index (χ2v) is 10.2. The van der Waals surface area contributed by atoms with E-state index in [-0.39, 0.29) is 23.9 Å². The summed E-state index contributed by atoms with van der Waals surface area (Å²) >= 11 is 0. The Morgan fingerprint density at radius 2 is 1.85 bits per heavy atom. The summed E-state index contributed by atoms with van der Waals surface area (Å²) in [6.07, 6.45) is 1.24. The fourth-order valence-corrected chi connectivity index (χ4v) is 5.64. The zero-order valence-electron chi connectivity index (χ0n) is 22.1. The fraction of sp³-hybridized carbons (Fsp3) is 0.258. The van der Waals surface area contributed by atoms with Crippen molar-refractivity contribution in [2.24, 2.45) is 0 Å². The third kappa shape index (κ3) is 4.03. The van der Waals surface area contributed by atoms with E-state index in [1.54, 1.807) is 36.3 Å². The predicted molar refractivity (Wildman–Crippen MR) is 149 cm³/mol. The average molecular weight is 523 g/mol. The molecule has 0 saturated carbocycles. The van der Waals surface area contributed by atoms with Gasteiger partial charge in [0.25, 0.3) is 11.8 Å². The topological polar surface area (TPSA) is 94.7 Å². The van der Waals surface area contributed by atoms with Crippen molar-refractivity contribution < 1.29 is 19.1 Å². The molecular formula is C31H30N4O4. The number of aromatic amines is 1. The number of rotatable bonds is 6. The van der Waals surface area contributed by atoms with E-state index in [9.17, 15) is 14.4 Å². The molecule has 8 heteroatoms. The molecule has 0 bridgehead atoms. The zero-order chi connectivity index (χ0) is 27.3. The second-order valence-electron chi connectivity index (χ2n) is 10.2. The van der Waals surface area contributed by atoms with Gasteiger partial charge in [-0.1, -0.05) is 37.3 Å². The monoisotopic (exact) mass is 522 g/mol. The lowest BCUT2D eigenvalue weighted by atomic mass is 9.89. The van der Waals surface area contributed by atoms with Crippen molar-refractivity contribution in [2.75, 3.05) is 12.0 Å². The summed E-state index contributed by atoms with van der Waals surface area (Å²) < 4.78 is 5.48. The number of anilines is 1. The average Bonchev–Trinajstić information content (AvgIpc) is 3.46. The first-order valence-corrected chi connectivity index (χ1v) is 13.2. The molecular weight excluding hydrogens is 492 g/mol. The Morgan fingerprint density at radius 3 is 2.59 bits per heavy atom. The number of hydrogen-bond donors (Lipinski definition) is 2. The summed E-state index contributed by atoms with van der Waals surface area (Å²) in [5.74, 6) is 0.213. The molecule has 4 amide bonds. The summed E-state index contributed by atoms with van der Waals surface area (Å²) in [7, 11) is 1.61. The van der Waals surface area contributed by atoms with Gasteiger partial charge in [-0.2, -0.15) is 0 Å². The third-order valence-corrected chi connectivity index (χ3v) is 7.84. The highest BCUT2D eigenvalue weighted by Crippen LogP contribution is 2.45. The summed E-state index contributed by atoms with van der Waals surface area (Å²) in [4.78, 5) is 46.9. The van der Waals surface area contributed by atoms with Crippen LogP contribution in [0.1, 0.15) is 53.5 Å². The smallest absolute Gasteiger partial charge is 0.332 e. The van der Waals surface area contributed by atoms with E-state index in [2.05, 4.69) is 10.3 Å². The molecule has 3 heterocycles. The van der Waals surface area contributed by atoms with Gasteiger partial charge in [-0.05, 0) is 66.9 Å². The Kier molecular flexibility index (Phi) is 6.10. The van der Waals surface area contributed by atoms with Gasteiger partial charge in [0.15, 0.2) is 0 Å². The SMILES string of the molecule is CCC(C)NC(=O)c1ccc(N2C(=O)C3Cc4c([nH]c5ccccc45)C(c4cccc(OC)c4)N3C2=O)cc1. The number of carbonyl (C=O) groups is 3. The maximum absolute atomic E-state index is 14.0. The van der Waals surface area contributed by atoms with Crippen molar-refractivity contribution in [1.82, 2.24) is 15.2 Å². The molecule has 198 valence electrons. The van der Waals surface area contributed by atoms with E-state index in [1.807, 2.05) is 62.4 Å². The molecule has 1 fully saturated rings. The second kappa shape index (κ2) is 9.62. The molecule has 4 aromatic rings. The number of carbonyl (C=O) groups excluding carboxylic acids is 3. The Morgan fingerprint density at radius 1 is 1.08 bits per heavy atom. The Balaban J connectivity index is 1.40. The van der Waals surface area contributed by atoms with Crippen LogP contribution in [0.25, 0.3) is 10.9 Å². The number of methoxy groups -OCH3 is 1. The van der Waals surface area contributed by atoms with Crippen molar-refractivity contribution >= 4 is 34.4 Å². The number of para-hydroxylation sites is 1. The predicted octanol–water partition coefficient (Wildman–Crippen LogP) is 5.19. The van der Waals surface area contributed by atoms with Crippen molar-refractivity contribution in [3.8, 4) is 5.75 Å². The number of aromatic nitrogens is 1. The molecule has 2 aliphatic heterocycles. The van der Waals surface area contributed by atoms with Gasteiger partial charge in [0, 0.05) is 34.6 Å². The molecule has 0 spiro atoms. The zero-order valence-corrected chi connectivity index (χ0v) is 22.1. The highest BCUT2D eigenvalue weighted by molar-refractivity contribution is 6.22. The van der Waals surface area contributed by atoms with E-state index >= 15 is 0 Å². The van der Waals surface area contributed by atoms with Crippen LogP contribution in [0.4, 0.5) is 10.5 Å². The molecule has 39 heavy (non-hydrogen) atoms. The molecule has 6 rings (SSSR count). The number of nitrogens with zero attached hydrogens (tertiary/aromatic N) is 2. The van der Waals surface area contributed by atoms with Crippen LogP contribution in [0.2, 0.25) is 0 Å². The highest BCUT2D eigenvalue weighted by Gasteiger charge is 2.53. The number of imide groups is 1. The molecule has 3 aromatic carbocycles. The molecule has 3 atom stereocenters. The number of amides is 4. The number of urea groups is 1. The highest BCUT2D eigenvalue weighted by atomic mass is 16.5. The van der Waals surface area contributed by atoms with Crippen molar-refractivity contribution in [1.29, 1.82) is 0 Å². The molecule has 0 aliphatic carbocycles. The van der Waals surface area contributed by atoms with Gasteiger partial charge >= 0.3 is 6.03 Å². The van der Waals surface area contributed by atoms with E-state index in [0.717, 1.165) is 34.1 Å². The van der Waals surface area contributed by atoms with E-state index in [1.165, 1.54) is 4.90 Å². The third-order valence-electron chi connectivity index (χ3n) is 7.84. The van der Waals surface area contributed by atoms with Gasteiger partial charge in [-0.3, -0.25) is 14.5 Å². The molecule has 2 aliphatic rings. The van der Waals surface area contributed by atoms with Crippen molar-refractivity contribution in [2.45, 2.75) is 44.8 Å². The first-order chi connectivity index (χ1) is 18.9. The molecule has 8 nitrogen and oxygen atoms in total. The quantitative estimate of drug-likeness (QED) is 0.341. The summed E-state index contributed by atoms with van der Waals surface area (Å²) in [5, 5.41) is 3.99. The lowest BCUT2D eigenvalue weighted by molar-refractivity contribution is -0.120. The first kappa shape index (κ1) is 24.7. The van der Waals surface area contributed by atoms with Crippen LogP contribution in [0.3, 0.4) is 0 Å². The number of hydrogen-bond acceptors (Lipinski definition) is 4. The normalized spacial score (nSPS) is 19.2. The molecule has 2 N–H and O–H groups in total. The van der Waals surface area contributed by atoms with E-state index < -0.39 is 12.1 Å². The summed E-state index contributed by atoms with van der Waals surface area (Å²) in [5.41, 5.74) is 4.69. The number of benzene rings is 3. The van der Waals surface area contributed by atoms with Crippen LogP contribution < -0.4 is 15.0 Å². The van der Waals surface area contributed by atoms with Crippen LogP contribution in [-0.2, 0) is 11.2 Å². The van der Waals surface area contributed by atoms with Crippen molar-refractivity contribution in [3.63, 3.8) is 0 Å². The lowest BCUT2D eigenvalue weighted by Gasteiger charge is -2.36. The Bertz CT molecular complexity index is 1590. The molecule has 0 radical (unpaired) electrons. The summed E-state index contributed by atoms with van der Waals surface area (Å²) in [6, 6.07) is 20.8. The van der Waals surface area contributed by atoms with Crippen LogP contribution in [0.15, 0.2) is 72.8 Å². The standard InChI is InChI=1S/C31H30N4O4/c1-4-18(2)32-29(36)19-12-14-21(15-13-19)34-30(37)26-17-24-23-10-5-6-11-25(23)33-27(24)28(35(26)31(34)38)20-8-7-9-22(16-20)39-3/h5-16,18,26,28,33H,4,17H2,1-3H3,(H,32,36). The minimum Gasteiger partial charge on any atom is -0.497 e. The van der Waals surface area contributed by atoms with Gasteiger partial charge in [0.05, 0.1) is 12.8 Å². The van der Waals surface area contributed by atoms with Gasteiger partial charge < -0.3 is 15.0 Å². The first-order valence-electron chi connectivity index (χ1n) is 13.2. The minimum absolute atomic E-state index is 0.0524. The maximum atomic E-state index is 14.0. The number of H-pyrrole nitrogens is 1. The van der Waals surface area contributed by atoms with Crippen LogP contribution in [-0.4, -0.2) is 46.9 Å². The van der Waals surface area contributed by atoms with Gasteiger partial charge in [-0.15, -0.1) is 0 Å². The van der Waals surface area contributed by atoms with Crippen LogP contribution in [0, 0.1) is 0 Å².